The highest BCUT2D eigenvalue weighted by Crippen LogP contribution is 2.04. The highest BCUT2D eigenvalue weighted by Gasteiger charge is 2.07. The molecule has 80 valence electrons. The summed E-state index contributed by atoms with van der Waals surface area (Å²) in [5.74, 6) is -0.658. The lowest BCUT2D eigenvalue weighted by atomic mass is 10.1. The molecule has 0 aromatic carbocycles. The summed E-state index contributed by atoms with van der Waals surface area (Å²) in [6.07, 6.45) is 4.84. The van der Waals surface area contributed by atoms with Gasteiger partial charge in [-0.15, -0.1) is 0 Å². The molecule has 0 aromatic heterocycles. The Balaban J connectivity index is 3.85. The molecular formula is C10H17NO3. The minimum absolute atomic E-state index is 0.430. The van der Waals surface area contributed by atoms with E-state index in [0.717, 1.165) is 25.7 Å². The third kappa shape index (κ3) is 6.22. The van der Waals surface area contributed by atoms with E-state index in [1.807, 2.05) is 0 Å². The van der Waals surface area contributed by atoms with Gasteiger partial charge in [-0.2, -0.15) is 0 Å². The number of carbonyl (C=O) groups excluding carboxylic acids is 2. The number of hydrogen-bond donors (Lipinski definition) is 1. The molecule has 0 rings (SSSR count). The van der Waals surface area contributed by atoms with Gasteiger partial charge in [-0.05, 0) is 19.8 Å². The third-order valence-corrected chi connectivity index (χ3v) is 1.77. The van der Waals surface area contributed by atoms with Crippen LogP contribution in [0.25, 0.3) is 0 Å². The fourth-order valence-electron chi connectivity index (χ4n) is 0.968. The Morgan fingerprint density at radius 1 is 1.36 bits per heavy atom. The molecule has 4 heteroatoms. The highest BCUT2D eigenvalue weighted by atomic mass is 16.6. The Kier molecular flexibility index (Phi) is 6.45. The smallest absolute Gasteiger partial charge is 0.373 e. The van der Waals surface area contributed by atoms with E-state index in [-0.39, 0.29) is 0 Å². The van der Waals surface area contributed by atoms with Crippen LogP contribution >= 0.6 is 0 Å². The minimum atomic E-state index is -1.06. The van der Waals surface area contributed by atoms with Crippen LogP contribution in [-0.4, -0.2) is 12.1 Å². The first-order valence-corrected chi connectivity index (χ1v) is 4.76. The maximum atomic E-state index is 11.0. The number of esters is 1. The van der Waals surface area contributed by atoms with E-state index in [1.54, 1.807) is 13.0 Å². The molecular weight excluding hydrogens is 182 g/mol. The average molecular weight is 199 g/mol. The number of nitrogens with two attached hydrogens (primary N) is 1. The lowest BCUT2D eigenvalue weighted by molar-refractivity contribution is -0.132. The molecule has 0 saturated heterocycles. The Morgan fingerprint density at radius 3 is 2.50 bits per heavy atom. The number of primary amides is 1. The van der Waals surface area contributed by atoms with Crippen LogP contribution in [0.15, 0.2) is 11.6 Å². The Morgan fingerprint density at radius 2 is 2.00 bits per heavy atom. The van der Waals surface area contributed by atoms with Crippen molar-refractivity contribution >= 4 is 12.1 Å². The summed E-state index contributed by atoms with van der Waals surface area (Å²) in [6.45, 7) is 3.72. The predicted molar refractivity (Wildman–Crippen MR) is 53.6 cm³/mol. The first-order valence-electron chi connectivity index (χ1n) is 4.76. The zero-order valence-electron chi connectivity index (χ0n) is 8.71. The summed E-state index contributed by atoms with van der Waals surface area (Å²) in [4.78, 5) is 21.3. The van der Waals surface area contributed by atoms with Gasteiger partial charge in [0.15, 0.2) is 0 Å². The molecule has 0 saturated carbocycles. The van der Waals surface area contributed by atoms with Crippen molar-refractivity contribution in [2.24, 2.45) is 5.73 Å². The standard InChI is InChI=1S/C10H17NO3/c1-3-4-5-6-7-8(2)9(12)14-10(11)13/h7H,3-6H2,1-2H3,(H2,11,13). The fourth-order valence-corrected chi connectivity index (χ4v) is 0.968. The largest absolute Gasteiger partial charge is 0.412 e. The average Bonchev–Trinajstić information content (AvgIpc) is 2.11. The molecule has 0 atom stereocenters. The second-order valence-electron chi connectivity index (χ2n) is 3.09. The second kappa shape index (κ2) is 7.12. The van der Waals surface area contributed by atoms with Crippen molar-refractivity contribution in [3.05, 3.63) is 11.6 Å². The molecule has 0 aliphatic rings. The molecule has 14 heavy (non-hydrogen) atoms. The molecule has 0 aliphatic carbocycles. The molecule has 0 fully saturated rings. The van der Waals surface area contributed by atoms with Crippen molar-refractivity contribution in [2.75, 3.05) is 0 Å². The topological polar surface area (TPSA) is 69.4 Å². The molecule has 2 N–H and O–H groups in total. The summed E-state index contributed by atoms with van der Waals surface area (Å²) < 4.78 is 4.20. The first-order chi connectivity index (χ1) is 6.57. The SMILES string of the molecule is CCCCCC=C(C)C(=O)OC(N)=O. The van der Waals surface area contributed by atoms with E-state index < -0.39 is 12.1 Å². The van der Waals surface area contributed by atoms with Gasteiger partial charge in [0.1, 0.15) is 0 Å². The van der Waals surface area contributed by atoms with E-state index in [1.165, 1.54) is 0 Å². The first kappa shape index (κ1) is 12.7. The van der Waals surface area contributed by atoms with Crippen LogP contribution < -0.4 is 5.73 Å². The van der Waals surface area contributed by atoms with E-state index >= 15 is 0 Å². The van der Waals surface area contributed by atoms with Gasteiger partial charge < -0.3 is 10.5 Å². The van der Waals surface area contributed by atoms with Crippen molar-refractivity contribution in [1.29, 1.82) is 0 Å². The van der Waals surface area contributed by atoms with Crippen LogP contribution in [0.2, 0.25) is 0 Å². The molecule has 0 spiro atoms. The number of ether oxygens (including phenoxy) is 1. The summed E-state index contributed by atoms with van der Waals surface area (Å²) in [5.41, 5.74) is 5.13. The van der Waals surface area contributed by atoms with Crippen LogP contribution in [0.4, 0.5) is 4.79 Å². The Labute approximate surface area is 84.1 Å². The van der Waals surface area contributed by atoms with Crippen molar-refractivity contribution in [1.82, 2.24) is 0 Å². The van der Waals surface area contributed by atoms with Gasteiger partial charge >= 0.3 is 12.1 Å². The van der Waals surface area contributed by atoms with Gasteiger partial charge in [-0.3, -0.25) is 0 Å². The van der Waals surface area contributed by atoms with Gasteiger partial charge in [-0.1, -0.05) is 25.8 Å². The molecule has 4 nitrogen and oxygen atoms in total. The van der Waals surface area contributed by atoms with E-state index in [2.05, 4.69) is 11.7 Å². The number of allylic oxidation sites excluding steroid dienone is 1. The second-order valence-corrected chi connectivity index (χ2v) is 3.09. The molecule has 1 amide bonds. The molecule has 0 radical (unpaired) electrons. The normalized spacial score (nSPS) is 11.1. The van der Waals surface area contributed by atoms with Gasteiger partial charge in [0.2, 0.25) is 0 Å². The lowest BCUT2D eigenvalue weighted by Crippen LogP contribution is -2.18. The van der Waals surface area contributed by atoms with Gasteiger partial charge in [0.25, 0.3) is 0 Å². The zero-order valence-corrected chi connectivity index (χ0v) is 8.71. The summed E-state index contributed by atoms with van der Waals surface area (Å²) >= 11 is 0. The van der Waals surface area contributed by atoms with Crippen LogP contribution in [0.3, 0.4) is 0 Å². The monoisotopic (exact) mass is 199 g/mol. The maximum Gasteiger partial charge on any atom is 0.412 e. The van der Waals surface area contributed by atoms with Crippen LogP contribution in [-0.2, 0) is 9.53 Å². The van der Waals surface area contributed by atoms with Crippen molar-refractivity contribution in [2.45, 2.75) is 39.5 Å². The van der Waals surface area contributed by atoms with Crippen LogP contribution in [0, 0.1) is 0 Å². The lowest BCUT2D eigenvalue weighted by Gasteiger charge is -1.99. The van der Waals surface area contributed by atoms with Crippen molar-refractivity contribution in [3.8, 4) is 0 Å². The van der Waals surface area contributed by atoms with Gasteiger partial charge in [0.05, 0.1) is 0 Å². The molecule has 0 bridgehead atoms. The number of amides is 1. The van der Waals surface area contributed by atoms with Crippen LogP contribution in [0.1, 0.15) is 39.5 Å². The van der Waals surface area contributed by atoms with Crippen molar-refractivity contribution < 1.29 is 14.3 Å². The molecule has 0 aliphatic heterocycles. The van der Waals surface area contributed by atoms with E-state index in [9.17, 15) is 9.59 Å². The predicted octanol–water partition coefficient (Wildman–Crippen LogP) is 2.13. The number of unbranched alkanes of at least 4 members (excludes halogenated alkanes) is 3. The number of carbonyl (C=O) groups is 2. The number of hydrogen-bond acceptors (Lipinski definition) is 3. The van der Waals surface area contributed by atoms with Gasteiger partial charge in [-0.25, -0.2) is 9.59 Å². The molecule has 0 heterocycles. The zero-order chi connectivity index (χ0) is 11.0. The Hall–Kier alpha value is -1.32. The van der Waals surface area contributed by atoms with E-state index in [0.29, 0.717) is 5.57 Å². The van der Waals surface area contributed by atoms with Gasteiger partial charge in [0, 0.05) is 5.57 Å². The number of rotatable bonds is 5. The Bertz CT molecular complexity index is 234. The molecule has 0 aromatic rings. The summed E-state index contributed by atoms with van der Waals surface area (Å²) in [5, 5.41) is 0. The van der Waals surface area contributed by atoms with E-state index in [4.69, 9.17) is 5.73 Å². The summed E-state index contributed by atoms with van der Waals surface area (Å²) in [7, 11) is 0. The van der Waals surface area contributed by atoms with Crippen molar-refractivity contribution in [3.63, 3.8) is 0 Å². The molecule has 0 unspecified atom stereocenters. The maximum absolute atomic E-state index is 11.0. The van der Waals surface area contributed by atoms with Crippen LogP contribution in [0.5, 0.6) is 0 Å². The third-order valence-electron chi connectivity index (χ3n) is 1.77. The quantitative estimate of drug-likeness (QED) is 0.319. The fraction of sp³-hybridized carbons (Fsp3) is 0.600. The minimum Gasteiger partial charge on any atom is -0.373 e. The highest BCUT2D eigenvalue weighted by molar-refractivity contribution is 5.94. The summed E-state index contributed by atoms with van der Waals surface area (Å²) in [6, 6.07) is 0.